The summed E-state index contributed by atoms with van der Waals surface area (Å²) in [4.78, 5) is 12.6. The summed E-state index contributed by atoms with van der Waals surface area (Å²) in [6.07, 6.45) is 10.9. The minimum absolute atomic E-state index is 0.00464. The van der Waals surface area contributed by atoms with Gasteiger partial charge in [-0.1, -0.05) is 25.5 Å². The number of allylic oxidation sites excluding steroid dienone is 1. The van der Waals surface area contributed by atoms with Crippen LogP contribution in [0.3, 0.4) is 0 Å². The standard InChI is InChI=1S/C22H34O3/c1-20-10-7-15(23)13-14(20)5-6-16-17(20)8-11-21(2)18(16)9-12-22(21,3)19(24)25-4/h5,15-18,23H,6-13H2,1-4H3. The minimum Gasteiger partial charge on any atom is -0.469 e. The second kappa shape index (κ2) is 5.58. The molecule has 0 aromatic rings. The molecule has 1 N–H and O–H groups in total. The highest BCUT2D eigenvalue weighted by Gasteiger charge is 2.65. The molecule has 3 heteroatoms. The summed E-state index contributed by atoms with van der Waals surface area (Å²) >= 11 is 0. The molecule has 25 heavy (non-hydrogen) atoms. The summed E-state index contributed by atoms with van der Waals surface area (Å²) < 4.78 is 5.23. The lowest BCUT2D eigenvalue weighted by molar-refractivity contribution is -0.164. The molecule has 3 nitrogen and oxygen atoms in total. The molecule has 0 amide bonds. The zero-order valence-electron chi connectivity index (χ0n) is 16.3. The van der Waals surface area contributed by atoms with Crippen LogP contribution in [-0.4, -0.2) is 24.3 Å². The van der Waals surface area contributed by atoms with Gasteiger partial charge >= 0.3 is 5.97 Å². The smallest absolute Gasteiger partial charge is 0.312 e. The van der Waals surface area contributed by atoms with E-state index in [4.69, 9.17) is 4.74 Å². The third-order valence-corrected chi connectivity index (χ3v) is 9.32. The van der Waals surface area contributed by atoms with Crippen LogP contribution in [0.15, 0.2) is 11.6 Å². The van der Waals surface area contributed by atoms with Crippen molar-refractivity contribution in [1.29, 1.82) is 0 Å². The van der Waals surface area contributed by atoms with Gasteiger partial charge in [-0.2, -0.15) is 0 Å². The van der Waals surface area contributed by atoms with Crippen LogP contribution in [-0.2, 0) is 9.53 Å². The Kier molecular flexibility index (Phi) is 3.92. The maximum absolute atomic E-state index is 12.6. The molecule has 0 aromatic heterocycles. The molecular weight excluding hydrogens is 312 g/mol. The first-order valence-electron chi connectivity index (χ1n) is 10.2. The summed E-state index contributed by atoms with van der Waals surface area (Å²) in [5, 5.41) is 10.1. The van der Waals surface area contributed by atoms with Crippen molar-refractivity contribution in [3.63, 3.8) is 0 Å². The summed E-state index contributed by atoms with van der Waals surface area (Å²) in [5.74, 6) is 2.03. The molecule has 0 aliphatic heterocycles. The minimum atomic E-state index is -0.328. The van der Waals surface area contributed by atoms with E-state index in [0.717, 1.165) is 50.9 Å². The molecule has 4 aliphatic carbocycles. The molecule has 0 saturated heterocycles. The quantitative estimate of drug-likeness (QED) is 0.562. The van der Waals surface area contributed by atoms with E-state index >= 15 is 0 Å². The van der Waals surface area contributed by atoms with Crippen molar-refractivity contribution in [2.75, 3.05) is 7.11 Å². The van der Waals surface area contributed by atoms with Gasteiger partial charge in [0.25, 0.3) is 0 Å². The van der Waals surface area contributed by atoms with E-state index in [-0.39, 0.29) is 28.3 Å². The number of methoxy groups -OCH3 is 1. The fourth-order valence-electron chi connectivity index (χ4n) is 7.47. The zero-order valence-corrected chi connectivity index (χ0v) is 16.3. The van der Waals surface area contributed by atoms with Crippen molar-refractivity contribution in [1.82, 2.24) is 0 Å². The molecule has 3 fully saturated rings. The van der Waals surface area contributed by atoms with Crippen LogP contribution in [0.1, 0.15) is 72.1 Å². The van der Waals surface area contributed by atoms with Crippen molar-refractivity contribution in [3.8, 4) is 0 Å². The van der Waals surface area contributed by atoms with Gasteiger partial charge in [0.1, 0.15) is 0 Å². The van der Waals surface area contributed by atoms with Crippen molar-refractivity contribution in [2.45, 2.75) is 78.2 Å². The van der Waals surface area contributed by atoms with E-state index in [0.29, 0.717) is 11.8 Å². The first kappa shape index (κ1) is 17.6. The Hall–Kier alpha value is -0.830. The van der Waals surface area contributed by atoms with Crippen molar-refractivity contribution >= 4 is 5.97 Å². The van der Waals surface area contributed by atoms with Crippen LogP contribution in [0.2, 0.25) is 0 Å². The molecule has 4 aliphatic rings. The lowest BCUT2D eigenvalue weighted by Crippen LogP contribution is -2.53. The van der Waals surface area contributed by atoms with Gasteiger partial charge in [-0.05, 0) is 86.9 Å². The Labute approximate surface area is 152 Å². The van der Waals surface area contributed by atoms with Crippen LogP contribution in [0.5, 0.6) is 0 Å². The average Bonchev–Trinajstić information content (AvgIpc) is 2.87. The summed E-state index contributed by atoms with van der Waals surface area (Å²) in [6.45, 7) is 6.98. The Bertz CT molecular complexity index is 610. The number of aliphatic hydroxyl groups is 1. The Morgan fingerprint density at radius 2 is 1.84 bits per heavy atom. The molecule has 3 saturated carbocycles. The number of hydrogen-bond donors (Lipinski definition) is 1. The van der Waals surface area contributed by atoms with Crippen LogP contribution in [0.25, 0.3) is 0 Å². The van der Waals surface area contributed by atoms with Gasteiger partial charge in [-0.25, -0.2) is 0 Å². The monoisotopic (exact) mass is 346 g/mol. The number of hydrogen-bond acceptors (Lipinski definition) is 3. The zero-order chi connectivity index (χ0) is 18.0. The number of aliphatic hydroxyl groups excluding tert-OH is 1. The maximum Gasteiger partial charge on any atom is 0.312 e. The lowest BCUT2D eigenvalue weighted by atomic mass is 9.46. The molecule has 0 aromatic carbocycles. The topological polar surface area (TPSA) is 46.5 Å². The Morgan fingerprint density at radius 3 is 2.56 bits per heavy atom. The van der Waals surface area contributed by atoms with E-state index in [1.54, 1.807) is 7.11 Å². The third kappa shape index (κ3) is 2.17. The predicted octanol–water partition coefficient (Wildman–Crippen LogP) is 4.49. The second-order valence-electron chi connectivity index (χ2n) is 9.97. The average molecular weight is 347 g/mol. The van der Waals surface area contributed by atoms with Gasteiger partial charge in [-0.3, -0.25) is 4.79 Å². The first-order valence-corrected chi connectivity index (χ1v) is 10.2. The number of carbonyl (C=O) groups excluding carboxylic acids is 1. The van der Waals surface area contributed by atoms with E-state index < -0.39 is 0 Å². The highest BCUT2D eigenvalue weighted by Crippen LogP contribution is 2.69. The summed E-state index contributed by atoms with van der Waals surface area (Å²) in [7, 11) is 1.54. The van der Waals surface area contributed by atoms with Crippen molar-refractivity contribution in [2.24, 2.45) is 34.0 Å². The largest absolute Gasteiger partial charge is 0.469 e. The first-order chi connectivity index (χ1) is 11.8. The molecular formula is C22H34O3. The molecule has 140 valence electrons. The van der Waals surface area contributed by atoms with E-state index in [9.17, 15) is 9.90 Å². The molecule has 0 heterocycles. The van der Waals surface area contributed by atoms with E-state index in [1.165, 1.54) is 12.0 Å². The molecule has 4 rings (SSSR count). The highest BCUT2D eigenvalue weighted by molar-refractivity contribution is 5.78. The van der Waals surface area contributed by atoms with E-state index in [2.05, 4.69) is 26.8 Å². The summed E-state index contributed by atoms with van der Waals surface area (Å²) in [5.41, 5.74) is 1.53. The van der Waals surface area contributed by atoms with Gasteiger partial charge in [0, 0.05) is 0 Å². The predicted molar refractivity (Wildman–Crippen MR) is 97.8 cm³/mol. The van der Waals surface area contributed by atoms with Crippen LogP contribution in [0.4, 0.5) is 0 Å². The summed E-state index contributed by atoms with van der Waals surface area (Å²) in [6, 6.07) is 0. The normalized spacial score (nSPS) is 51.8. The van der Waals surface area contributed by atoms with Gasteiger partial charge in [0.2, 0.25) is 0 Å². The third-order valence-electron chi connectivity index (χ3n) is 9.32. The van der Waals surface area contributed by atoms with Crippen LogP contribution >= 0.6 is 0 Å². The molecule has 0 spiro atoms. The lowest BCUT2D eigenvalue weighted by Gasteiger charge is -2.59. The Morgan fingerprint density at radius 1 is 1.12 bits per heavy atom. The fraction of sp³-hybridized carbons (Fsp3) is 0.864. The fourth-order valence-corrected chi connectivity index (χ4v) is 7.47. The Balaban J connectivity index is 1.68. The maximum atomic E-state index is 12.6. The van der Waals surface area contributed by atoms with Crippen LogP contribution in [0, 0.1) is 34.0 Å². The molecule has 7 atom stereocenters. The van der Waals surface area contributed by atoms with Crippen molar-refractivity contribution in [3.05, 3.63) is 11.6 Å². The highest BCUT2D eigenvalue weighted by atomic mass is 16.5. The van der Waals surface area contributed by atoms with Gasteiger partial charge < -0.3 is 9.84 Å². The number of esters is 1. The molecule has 7 unspecified atom stereocenters. The van der Waals surface area contributed by atoms with Gasteiger partial charge in [-0.15, -0.1) is 0 Å². The second-order valence-corrected chi connectivity index (χ2v) is 9.97. The SMILES string of the molecule is COC(=O)C1(C)CCC2C3CC=C4CC(O)CCC4(C)C3CCC21C. The molecule has 0 bridgehead atoms. The number of rotatable bonds is 1. The number of ether oxygens (including phenoxy) is 1. The van der Waals surface area contributed by atoms with Crippen LogP contribution < -0.4 is 0 Å². The molecule has 0 radical (unpaired) electrons. The number of fused-ring (bicyclic) bond motifs is 5. The van der Waals surface area contributed by atoms with Gasteiger partial charge in [0.15, 0.2) is 0 Å². The van der Waals surface area contributed by atoms with Gasteiger partial charge in [0.05, 0.1) is 18.6 Å². The van der Waals surface area contributed by atoms with E-state index in [1.807, 2.05) is 0 Å². The number of carbonyl (C=O) groups is 1. The van der Waals surface area contributed by atoms with Crippen molar-refractivity contribution < 1.29 is 14.6 Å².